The maximum Gasteiger partial charge on any atom is 0.00925 e. The lowest BCUT2D eigenvalue weighted by Gasteiger charge is -2.18. The molecular formula is C21H20S2. The van der Waals surface area contributed by atoms with E-state index in [1.54, 1.807) is 0 Å². The van der Waals surface area contributed by atoms with Crippen LogP contribution in [0.25, 0.3) is 0 Å². The lowest BCUT2D eigenvalue weighted by molar-refractivity contribution is 0.714. The zero-order valence-corrected chi connectivity index (χ0v) is 14.7. The van der Waals surface area contributed by atoms with Gasteiger partial charge >= 0.3 is 0 Å². The Morgan fingerprint density at radius 3 is 1.74 bits per heavy atom. The first-order valence-electron chi connectivity index (χ1n) is 7.84. The molecule has 2 heteroatoms. The molecule has 0 bridgehead atoms. The fourth-order valence-corrected chi connectivity index (χ4v) is 3.19. The van der Waals surface area contributed by atoms with Gasteiger partial charge < -0.3 is 0 Å². The number of aryl methyl sites for hydroxylation is 1. The third-order valence-electron chi connectivity index (χ3n) is 4.16. The molecule has 23 heavy (non-hydrogen) atoms. The van der Waals surface area contributed by atoms with Crippen LogP contribution in [0.3, 0.4) is 0 Å². The molecule has 0 aliphatic heterocycles. The monoisotopic (exact) mass is 336 g/mol. The predicted octanol–water partition coefficient (Wildman–Crippen LogP) is 6.03. The van der Waals surface area contributed by atoms with Gasteiger partial charge in [-0.15, -0.1) is 25.3 Å². The summed E-state index contributed by atoms with van der Waals surface area (Å²) in [4.78, 5) is 2.02. The van der Waals surface area contributed by atoms with Gasteiger partial charge in [0.2, 0.25) is 0 Å². The maximum absolute atomic E-state index is 4.40. The molecule has 0 aromatic heterocycles. The first kappa shape index (κ1) is 16.2. The summed E-state index contributed by atoms with van der Waals surface area (Å²) in [6.07, 6.45) is 2.14. The van der Waals surface area contributed by atoms with Gasteiger partial charge in [-0.3, -0.25) is 0 Å². The molecular weight excluding hydrogens is 316 g/mol. The zero-order valence-electron chi connectivity index (χ0n) is 12.9. The second-order valence-electron chi connectivity index (χ2n) is 5.76. The lowest BCUT2D eigenvalue weighted by Crippen LogP contribution is -2.03. The van der Waals surface area contributed by atoms with Gasteiger partial charge in [-0.2, -0.15) is 0 Å². The van der Waals surface area contributed by atoms with Crippen molar-refractivity contribution in [3.8, 4) is 0 Å². The van der Waals surface area contributed by atoms with Crippen LogP contribution >= 0.6 is 25.3 Å². The van der Waals surface area contributed by atoms with E-state index in [-0.39, 0.29) is 0 Å². The summed E-state index contributed by atoms with van der Waals surface area (Å²) >= 11 is 8.76. The minimum absolute atomic E-state index is 0.404. The fourth-order valence-electron chi connectivity index (χ4n) is 2.89. The lowest BCUT2D eigenvalue weighted by atomic mass is 9.86. The van der Waals surface area contributed by atoms with Crippen LogP contribution in [0.15, 0.2) is 88.7 Å². The first-order chi connectivity index (χ1) is 11.2. The van der Waals surface area contributed by atoms with E-state index in [1.807, 2.05) is 0 Å². The summed E-state index contributed by atoms with van der Waals surface area (Å²) in [7, 11) is 0. The van der Waals surface area contributed by atoms with Crippen molar-refractivity contribution in [3.05, 3.63) is 95.6 Å². The normalized spacial score (nSPS) is 12.1. The van der Waals surface area contributed by atoms with Crippen molar-refractivity contribution in [2.45, 2.75) is 28.6 Å². The van der Waals surface area contributed by atoms with Crippen molar-refractivity contribution < 1.29 is 0 Å². The highest BCUT2D eigenvalue weighted by molar-refractivity contribution is 7.80. The number of hydrogen-bond acceptors (Lipinski definition) is 2. The van der Waals surface area contributed by atoms with E-state index in [0.717, 1.165) is 22.6 Å². The Labute approximate surface area is 149 Å². The van der Waals surface area contributed by atoms with Crippen molar-refractivity contribution >= 4 is 25.3 Å². The molecule has 0 spiro atoms. The average Bonchev–Trinajstić information content (AvgIpc) is 2.59. The van der Waals surface area contributed by atoms with Crippen LogP contribution in [0.2, 0.25) is 0 Å². The van der Waals surface area contributed by atoms with E-state index in [2.05, 4.69) is 104 Å². The minimum atomic E-state index is 0.404. The van der Waals surface area contributed by atoms with Gasteiger partial charge in [-0.05, 0) is 53.8 Å². The van der Waals surface area contributed by atoms with Gasteiger partial charge in [0.05, 0.1) is 0 Å². The molecule has 0 N–H and O–H groups in total. The second kappa shape index (κ2) is 7.76. The maximum atomic E-state index is 4.40. The highest BCUT2D eigenvalue weighted by Gasteiger charge is 2.14. The molecule has 0 fully saturated rings. The van der Waals surface area contributed by atoms with E-state index in [1.165, 1.54) is 16.7 Å². The molecule has 0 aliphatic carbocycles. The standard InChI is InChI=1S/C21H20S2/c22-19-11-6-16(7-12-19)8-15-21(17-4-2-1-3-5-17)18-9-13-20(23)14-10-18/h1-7,9-14,21-23H,8,15H2. The number of rotatable bonds is 5. The van der Waals surface area contributed by atoms with E-state index < -0.39 is 0 Å². The van der Waals surface area contributed by atoms with E-state index in [4.69, 9.17) is 0 Å². The highest BCUT2D eigenvalue weighted by atomic mass is 32.1. The number of thiol groups is 2. The molecule has 3 aromatic rings. The van der Waals surface area contributed by atoms with Gasteiger partial charge in [0.25, 0.3) is 0 Å². The van der Waals surface area contributed by atoms with Gasteiger partial charge in [0, 0.05) is 15.7 Å². The van der Waals surface area contributed by atoms with Crippen LogP contribution in [-0.4, -0.2) is 0 Å². The summed E-state index contributed by atoms with van der Waals surface area (Å²) < 4.78 is 0. The van der Waals surface area contributed by atoms with Gasteiger partial charge in [0.1, 0.15) is 0 Å². The molecule has 0 radical (unpaired) electrons. The molecule has 0 saturated carbocycles. The quantitative estimate of drug-likeness (QED) is 0.522. The summed E-state index contributed by atoms with van der Waals surface area (Å²) in [5.74, 6) is 0.404. The van der Waals surface area contributed by atoms with Crippen molar-refractivity contribution in [1.82, 2.24) is 0 Å². The van der Waals surface area contributed by atoms with E-state index in [0.29, 0.717) is 5.92 Å². The van der Waals surface area contributed by atoms with Gasteiger partial charge in [-0.1, -0.05) is 54.6 Å². The van der Waals surface area contributed by atoms with Crippen molar-refractivity contribution in [1.29, 1.82) is 0 Å². The second-order valence-corrected chi connectivity index (χ2v) is 6.79. The molecule has 0 aliphatic rings. The molecule has 0 nitrogen and oxygen atoms in total. The van der Waals surface area contributed by atoms with Crippen molar-refractivity contribution in [2.24, 2.45) is 0 Å². The van der Waals surface area contributed by atoms with Crippen LogP contribution < -0.4 is 0 Å². The first-order valence-corrected chi connectivity index (χ1v) is 8.73. The van der Waals surface area contributed by atoms with Crippen molar-refractivity contribution in [2.75, 3.05) is 0 Å². The van der Waals surface area contributed by atoms with E-state index >= 15 is 0 Å². The van der Waals surface area contributed by atoms with Crippen LogP contribution in [0.5, 0.6) is 0 Å². The van der Waals surface area contributed by atoms with Crippen LogP contribution in [0.1, 0.15) is 29.0 Å². The summed E-state index contributed by atoms with van der Waals surface area (Å²) in [5.41, 5.74) is 4.07. The van der Waals surface area contributed by atoms with Crippen LogP contribution in [-0.2, 0) is 6.42 Å². The third-order valence-corrected chi connectivity index (χ3v) is 4.75. The smallest absolute Gasteiger partial charge is 0.00925 e. The highest BCUT2D eigenvalue weighted by Crippen LogP contribution is 2.30. The molecule has 1 unspecified atom stereocenters. The molecule has 0 heterocycles. The van der Waals surface area contributed by atoms with Crippen LogP contribution in [0, 0.1) is 0 Å². The topological polar surface area (TPSA) is 0 Å². The Morgan fingerprint density at radius 2 is 1.13 bits per heavy atom. The molecule has 0 amide bonds. The Kier molecular flexibility index (Phi) is 5.47. The third kappa shape index (κ3) is 4.43. The van der Waals surface area contributed by atoms with Crippen molar-refractivity contribution in [3.63, 3.8) is 0 Å². The molecule has 1 atom stereocenters. The summed E-state index contributed by atoms with van der Waals surface area (Å²) in [5, 5.41) is 0. The average molecular weight is 337 g/mol. The van der Waals surface area contributed by atoms with Crippen LogP contribution in [0.4, 0.5) is 0 Å². The van der Waals surface area contributed by atoms with E-state index in [9.17, 15) is 0 Å². The number of benzene rings is 3. The molecule has 116 valence electrons. The zero-order chi connectivity index (χ0) is 16.1. The molecule has 0 saturated heterocycles. The Hall–Kier alpha value is -1.64. The Bertz CT molecular complexity index is 731. The molecule has 3 aromatic carbocycles. The summed E-state index contributed by atoms with van der Waals surface area (Å²) in [6, 6.07) is 27.7. The van der Waals surface area contributed by atoms with Gasteiger partial charge in [-0.25, -0.2) is 0 Å². The SMILES string of the molecule is Sc1ccc(CCC(c2ccccc2)c2ccc(S)cc2)cc1. The molecule has 3 rings (SSSR count). The predicted molar refractivity (Wildman–Crippen MR) is 104 cm³/mol. The Balaban J connectivity index is 1.83. The number of hydrogen-bond donors (Lipinski definition) is 2. The fraction of sp³-hybridized carbons (Fsp3) is 0.143. The van der Waals surface area contributed by atoms with Gasteiger partial charge in [0.15, 0.2) is 0 Å². The Morgan fingerprint density at radius 1 is 0.609 bits per heavy atom. The largest absolute Gasteiger partial charge is 0.143 e. The summed E-state index contributed by atoms with van der Waals surface area (Å²) in [6.45, 7) is 0. The minimum Gasteiger partial charge on any atom is -0.143 e.